The summed E-state index contributed by atoms with van der Waals surface area (Å²) in [6, 6.07) is 18.2. The molecule has 1 saturated heterocycles. The lowest BCUT2D eigenvalue weighted by Gasteiger charge is -2.21. The maximum absolute atomic E-state index is 3.66. The van der Waals surface area contributed by atoms with Gasteiger partial charge in [0.2, 0.25) is 0 Å². The van der Waals surface area contributed by atoms with Gasteiger partial charge >= 0.3 is 0 Å². The smallest absolute Gasteiger partial charge is 0.0390 e. The fraction of sp³-hybridized carbons (Fsp3) is 0.333. The topological polar surface area (TPSA) is 12.0 Å². The Kier molecular flexibility index (Phi) is 3.39. The van der Waals surface area contributed by atoms with E-state index < -0.39 is 0 Å². The second-order valence-corrected chi connectivity index (χ2v) is 5.66. The van der Waals surface area contributed by atoms with Crippen molar-refractivity contribution in [2.75, 3.05) is 6.54 Å². The van der Waals surface area contributed by atoms with Crippen molar-refractivity contribution in [2.24, 2.45) is 0 Å². The summed E-state index contributed by atoms with van der Waals surface area (Å²) in [6.45, 7) is 5.49. The second-order valence-electron chi connectivity index (χ2n) is 5.66. The fourth-order valence-electron chi connectivity index (χ4n) is 3.30. The highest BCUT2D eigenvalue weighted by molar-refractivity contribution is 5.35. The molecule has 0 saturated carbocycles. The molecule has 1 nitrogen and oxygen atoms in total. The molecule has 2 atom stereocenters. The van der Waals surface area contributed by atoms with Crippen molar-refractivity contribution in [3.63, 3.8) is 0 Å². The van der Waals surface area contributed by atoms with Gasteiger partial charge in [-0.3, -0.25) is 0 Å². The molecule has 0 radical (unpaired) electrons. The lowest BCUT2D eigenvalue weighted by Crippen LogP contribution is -2.17. The standard InChI is InChI=1S/C18H21N/c1-13-10-14(2)12-16(11-13)17-8-9-19-18(17)15-6-4-3-5-7-15/h3-7,10-12,17-19H,8-9H2,1-2H3. The lowest BCUT2D eigenvalue weighted by molar-refractivity contribution is 0.577. The van der Waals surface area contributed by atoms with Crippen LogP contribution >= 0.6 is 0 Å². The molecule has 19 heavy (non-hydrogen) atoms. The molecule has 1 aliphatic rings. The molecule has 0 spiro atoms. The van der Waals surface area contributed by atoms with E-state index in [1.54, 1.807) is 0 Å². The van der Waals surface area contributed by atoms with Crippen LogP contribution in [0.5, 0.6) is 0 Å². The molecule has 0 bridgehead atoms. The third-order valence-electron chi connectivity index (χ3n) is 4.05. The van der Waals surface area contributed by atoms with Gasteiger partial charge in [-0.1, -0.05) is 59.7 Å². The van der Waals surface area contributed by atoms with Crippen molar-refractivity contribution in [3.8, 4) is 0 Å². The van der Waals surface area contributed by atoms with Crippen LogP contribution in [-0.4, -0.2) is 6.54 Å². The summed E-state index contributed by atoms with van der Waals surface area (Å²) in [6.07, 6.45) is 1.22. The molecule has 1 aliphatic heterocycles. The average Bonchev–Trinajstić information content (AvgIpc) is 2.88. The summed E-state index contributed by atoms with van der Waals surface area (Å²) in [4.78, 5) is 0. The predicted molar refractivity (Wildman–Crippen MR) is 80.5 cm³/mol. The third kappa shape index (κ3) is 2.57. The zero-order valence-electron chi connectivity index (χ0n) is 11.7. The van der Waals surface area contributed by atoms with E-state index in [1.165, 1.54) is 28.7 Å². The summed E-state index contributed by atoms with van der Waals surface area (Å²) < 4.78 is 0. The molecule has 0 amide bonds. The van der Waals surface area contributed by atoms with Crippen LogP contribution in [0.2, 0.25) is 0 Å². The monoisotopic (exact) mass is 251 g/mol. The Labute approximate surface area is 115 Å². The average molecular weight is 251 g/mol. The first kappa shape index (κ1) is 12.4. The zero-order valence-corrected chi connectivity index (χ0v) is 11.7. The molecular formula is C18H21N. The van der Waals surface area contributed by atoms with E-state index in [1.807, 2.05) is 0 Å². The van der Waals surface area contributed by atoms with Crippen LogP contribution < -0.4 is 5.32 Å². The van der Waals surface area contributed by atoms with Gasteiger partial charge in [0.1, 0.15) is 0 Å². The number of aryl methyl sites for hydroxylation is 2. The number of hydrogen-bond acceptors (Lipinski definition) is 1. The quantitative estimate of drug-likeness (QED) is 0.846. The molecule has 2 aromatic carbocycles. The van der Waals surface area contributed by atoms with Gasteiger partial charge in [-0.05, 0) is 37.9 Å². The fourth-order valence-corrected chi connectivity index (χ4v) is 3.30. The van der Waals surface area contributed by atoms with Crippen LogP contribution in [0.25, 0.3) is 0 Å². The molecule has 1 fully saturated rings. The van der Waals surface area contributed by atoms with E-state index in [-0.39, 0.29) is 0 Å². The Hall–Kier alpha value is -1.60. The van der Waals surface area contributed by atoms with E-state index in [2.05, 4.69) is 67.7 Å². The van der Waals surface area contributed by atoms with Gasteiger partial charge in [-0.25, -0.2) is 0 Å². The molecule has 1 heteroatoms. The van der Waals surface area contributed by atoms with Crippen molar-refractivity contribution >= 4 is 0 Å². The van der Waals surface area contributed by atoms with Crippen LogP contribution in [-0.2, 0) is 0 Å². The second kappa shape index (κ2) is 5.18. The van der Waals surface area contributed by atoms with Gasteiger partial charge in [0.05, 0.1) is 0 Å². The molecule has 2 unspecified atom stereocenters. The minimum Gasteiger partial charge on any atom is -0.309 e. The van der Waals surface area contributed by atoms with E-state index in [0.717, 1.165) is 6.54 Å². The lowest BCUT2D eigenvalue weighted by atomic mass is 9.86. The van der Waals surface area contributed by atoms with Gasteiger partial charge < -0.3 is 5.32 Å². The summed E-state index contributed by atoms with van der Waals surface area (Å²) in [5.41, 5.74) is 5.63. The zero-order chi connectivity index (χ0) is 13.2. The van der Waals surface area contributed by atoms with Crippen LogP contribution in [0.3, 0.4) is 0 Å². The van der Waals surface area contributed by atoms with Gasteiger partial charge in [-0.15, -0.1) is 0 Å². The van der Waals surface area contributed by atoms with E-state index >= 15 is 0 Å². The van der Waals surface area contributed by atoms with Crippen LogP contribution in [0.4, 0.5) is 0 Å². The van der Waals surface area contributed by atoms with Gasteiger partial charge in [-0.2, -0.15) is 0 Å². The first-order chi connectivity index (χ1) is 9.24. The Morgan fingerprint density at radius 2 is 1.58 bits per heavy atom. The van der Waals surface area contributed by atoms with Crippen molar-refractivity contribution in [1.29, 1.82) is 0 Å². The van der Waals surface area contributed by atoms with Gasteiger partial charge in [0.25, 0.3) is 0 Å². The highest BCUT2D eigenvalue weighted by atomic mass is 15.0. The molecule has 1 heterocycles. The van der Waals surface area contributed by atoms with Crippen LogP contribution in [0.15, 0.2) is 48.5 Å². The minimum atomic E-state index is 0.461. The molecule has 1 N–H and O–H groups in total. The summed E-state index contributed by atoms with van der Waals surface area (Å²) in [5, 5.41) is 3.66. The molecule has 0 aromatic heterocycles. The summed E-state index contributed by atoms with van der Waals surface area (Å²) in [7, 11) is 0. The van der Waals surface area contributed by atoms with E-state index in [9.17, 15) is 0 Å². The Balaban J connectivity index is 1.95. The highest BCUT2D eigenvalue weighted by Gasteiger charge is 2.29. The molecule has 0 aliphatic carbocycles. The van der Waals surface area contributed by atoms with E-state index in [4.69, 9.17) is 0 Å². The van der Waals surface area contributed by atoms with Crippen molar-refractivity contribution < 1.29 is 0 Å². The van der Waals surface area contributed by atoms with E-state index in [0.29, 0.717) is 12.0 Å². The third-order valence-corrected chi connectivity index (χ3v) is 4.05. The Bertz CT molecular complexity index is 539. The van der Waals surface area contributed by atoms with Crippen molar-refractivity contribution in [2.45, 2.75) is 32.2 Å². The maximum Gasteiger partial charge on any atom is 0.0390 e. The molecule has 98 valence electrons. The van der Waals surface area contributed by atoms with Crippen molar-refractivity contribution in [3.05, 3.63) is 70.8 Å². The highest BCUT2D eigenvalue weighted by Crippen LogP contribution is 2.38. The SMILES string of the molecule is Cc1cc(C)cc(C2CCNC2c2ccccc2)c1. The predicted octanol–water partition coefficient (Wildman–Crippen LogP) is 4.12. The molecule has 3 rings (SSSR count). The largest absolute Gasteiger partial charge is 0.309 e. The number of nitrogens with one attached hydrogen (secondary N) is 1. The number of hydrogen-bond donors (Lipinski definition) is 1. The maximum atomic E-state index is 3.66. The molecular weight excluding hydrogens is 230 g/mol. The van der Waals surface area contributed by atoms with Crippen LogP contribution in [0, 0.1) is 13.8 Å². The minimum absolute atomic E-state index is 0.461. The first-order valence-electron chi connectivity index (χ1n) is 7.10. The Morgan fingerprint density at radius 3 is 2.26 bits per heavy atom. The Morgan fingerprint density at radius 1 is 0.895 bits per heavy atom. The number of benzene rings is 2. The molecule has 2 aromatic rings. The first-order valence-corrected chi connectivity index (χ1v) is 7.10. The van der Waals surface area contributed by atoms with Crippen molar-refractivity contribution in [1.82, 2.24) is 5.32 Å². The van der Waals surface area contributed by atoms with Crippen LogP contribution in [0.1, 0.15) is 40.6 Å². The van der Waals surface area contributed by atoms with Gasteiger partial charge in [0.15, 0.2) is 0 Å². The summed E-state index contributed by atoms with van der Waals surface area (Å²) in [5.74, 6) is 0.598. The normalized spacial score (nSPS) is 22.6. The number of rotatable bonds is 2. The van der Waals surface area contributed by atoms with Gasteiger partial charge in [0, 0.05) is 12.0 Å². The summed E-state index contributed by atoms with van der Waals surface area (Å²) >= 11 is 0.